The van der Waals surface area contributed by atoms with Gasteiger partial charge in [-0.3, -0.25) is 4.79 Å². The molecule has 1 saturated heterocycles. The average Bonchev–Trinajstić information content (AvgIpc) is 2.80. The van der Waals surface area contributed by atoms with Crippen molar-refractivity contribution in [1.29, 1.82) is 0 Å². The number of nitrogens with zero attached hydrogens (tertiary/aromatic N) is 1. The third kappa shape index (κ3) is 3.97. The third-order valence-corrected chi connectivity index (χ3v) is 3.80. The molecule has 114 valence electrons. The van der Waals surface area contributed by atoms with E-state index in [-0.39, 0.29) is 24.0 Å². The molecule has 0 spiro atoms. The molecule has 0 saturated carbocycles. The molecule has 1 aromatic carbocycles. The van der Waals surface area contributed by atoms with Crippen LogP contribution in [0.5, 0.6) is 0 Å². The van der Waals surface area contributed by atoms with E-state index in [1.807, 2.05) is 45.0 Å². The number of benzene rings is 1. The van der Waals surface area contributed by atoms with Gasteiger partial charge in [0.1, 0.15) is 0 Å². The molecule has 1 fully saturated rings. The molecule has 0 aromatic heterocycles. The molecule has 1 aliphatic rings. The number of carbonyl (C=O) groups excluding carboxylic acids is 2. The van der Waals surface area contributed by atoms with Gasteiger partial charge in [-0.05, 0) is 32.4 Å². The predicted molar refractivity (Wildman–Crippen MR) is 83.4 cm³/mol. The quantitative estimate of drug-likeness (QED) is 0.892. The summed E-state index contributed by atoms with van der Waals surface area (Å²) in [7, 11) is 0. The third-order valence-electron chi connectivity index (χ3n) is 3.80. The number of hydrogen-bond donors (Lipinski definition) is 2. The van der Waals surface area contributed by atoms with Gasteiger partial charge in [0.2, 0.25) is 5.91 Å². The molecule has 2 N–H and O–H groups in total. The van der Waals surface area contributed by atoms with E-state index in [1.165, 1.54) is 0 Å². The zero-order chi connectivity index (χ0) is 15.4. The van der Waals surface area contributed by atoms with Gasteiger partial charge in [-0.1, -0.05) is 24.6 Å². The lowest BCUT2D eigenvalue weighted by Crippen LogP contribution is -2.46. The van der Waals surface area contributed by atoms with Crippen molar-refractivity contribution in [3.05, 3.63) is 29.8 Å². The van der Waals surface area contributed by atoms with Gasteiger partial charge < -0.3 is 15.5 Å². The molecular weight excluding hydrogens is 266 g/mol. The Morgan fingerprint density at radius 3 is 2.67 bits per heavy atom. The maximum atomic E-state index is 12.1. The number of hydrogen-bond acceptors (Lipinski definition) is 2. The highest BCUT2D eigenvalue weighted by Gasteiger charge is 2.31. The van der Waals surface area contributed by atoms with Crippen LogP contribution in [0.15, 0.2) is 24.3 Å². The van der Waals surface area contributed by atoms with Crippen molar-refractivity contribution in [2.45, 2.75) is 45.7 Å². The molecule has 1 heterocycles. The van der Waals surface area contributed by atoms with E-state index in [0.717, 1.165) is 17.7 Å². The highest BCUT2D eigenvalue weighted by atomic mass is 16.2. The van der Waals surface area contributed by atoms with Gasteiger partial charge in [0, 0.05) is 24.7 Å². The number of urea groups is 1. The van der Waals surface area contributed by atoms with E-state index in [4.69, 9.17) is 0 Å². The molecule has 0 bridgehead atoms. The summed E-state index contributed by atoms with van der Waals surface area (Å²) >= 11 is 0. The first-order valence-electron chi connectivity index (χ1n) is 7.43. The van der Waals surface area contributed by atoms with Crippen LogP contribution in [0.3, 0.4) is 0 Å². The average molecular weight is 289 g/mol. The lowest BCUT2D eigenvalue weighted by molar-refractivity contribution is -0.117. The number of aryl methyl sites for hydroxylation is 1. The first-order chi connectivity index (χ1) is 9.99. The normalized spacial score (nSPS) is 19.5. The lowest BCUT2D eigenvalue weighted by Gasteiger charge is -2.18. The van der Waals surface area contributed by atoms with Gasteiger partial charge in [0.05, 0.1) is 6.04 Å². The Bertz CT molecular complexity index is 513. The minimum Gasteiger partial charge on any atom is -0.336 e. The second-order valence-electron chi connectivity index (χ2n) is 5.67. The fraction of sp³-hybridized carbons (Fsp3) is 0.500. The summed E-state index contributed by atoms with van der Waals surface area (Å²) in [5.41, 5.74) is 2.05. The molecule has 5 nitrogen and oxygen atoms in total. The summed E-state index contributed by atoms with van der Waals surface area (Å²) in [6.45, 7) is 6.51. The SMILES string of the molecule is CC[C@H](C)NC(=O)N[C@H]1CC(=O)N(c2ccc(C)cc2)C1. The molecule has 3 amide bonds. The molecule has 0 aliphatic carbocycles. The topological polar surface area (TPSA) is 61.4 Å². The zero-order valence-corrected chi connectivity index (χ0v) is 12.8. The molecular formula is C16H23N3O2. The van der Waals surface area contributed by atoms with Crippen LogP contribution < -0.4 is 15.5 Å². The molecule has 1 aromatic rings. The van der Waals surface area contributed by atoms with Crippen LogP contribution in [0, 0.1) is 6.92 Å². The van der Waals surface area contributed by atoms with E-state index in [9.17, 15) is 9.59 Å². The summed E-state index contributed by atoms with van der Waals surface area (Å²) in [5.74, 6) is 0.0488. The molecule has 2 rings (SSSR count). The zero-order valence-electron chi connectivity index (χ0n) is 12.8. The summed E-state index contributed by atoms with van der Waals surface area (Å²) in [5, 5.41) is 5.73. The van der Waals surface area contributed by atoms with Crippen LogP contribution in [-0.4, -0.2) is 30.6 Å². The van der Waals surface area contributed by atoms with Gasteiger partial charge >= 0.3 is 6.03 Å². The van der Waals surface area contributed by atoms with Crippen LogP contribution in [0.25, 0.3) is 0 Å². The van der Waals surface area contributed by atoms with E-state index >= 15 is 0 Å². The minimum atomic E-state index is -0.201. The van der Waals surface area contributed by atoms with E-state index in [0.29, 0.717) is 13.0 Å². The van der Waals surface area contributed by atoms with Crippen molar-refractivity contribution in [2.24, 2.45) is 0 Å². The van der Waals surface area contributed by atoms with Crippen molar-refractivity contribution in [3.8, 4) is 0 Å². The minimum absolute atomic E-state index is 0.0488. The smallest absolute Gasteiger partial charge is 0.315 e. The maximum absolute atomic E-state index is 12.1. The summed E-state index contributed by atoms with van der Waals surface area (Å²) in [4.78, 5) is 25.6. The molecule has 2 atom stereocenters. The maximum Gasteiger partial charge on any atom is 0.315 e. The van der Waals surface area contributed by atoms with Gasteiger partial charge in [0.25, 0.3) is 0 Å². The van der Waals surface area contributed by atoms with Crippen LogP contribution in [0.4, 0.5) is 10.5 Å². The molecule has 0 radical (unpaired) electrons. The molecule has 21 heavy (non-hydrogen) atoms. The fourth-order valence-electron chi connectivity index (χ4n) is 2.33. The summed E-state index contributed by atoms with van der Waals surface area (Å²) in [6.07, 6.45) is 1.23. The molecule has 1 aliphatic heterocycles. The first kappa shape index (κ1) is 15.4. The first-order valence-corrected chi connectivity index (χ1v) is 7.43. The fourth-order valence-corrected chi connectivity index (χ4v) is 2.33. The number of anilines is 1. The van der Waals surface area contributed by atoms with Gasteiger partial charge in [-0.15, -0.1) is 0 Å². The molecule has 5 heteroatoms. The van der Waals surface area contributed by atoms with Gasteiger partial charge in [0.15, 0.2) is 0 Å². The number of amides is 3. The van der Waals surface area contributed by atoms with Crippen molar-refractivity contribution in [3.63, 3.8) is 0 Å². The standard InChI is InChI=1S/C16H23N3O2/c1-4-12(3)17-16(21)18-13-9-15(20)19(10-13)14-7-5-11(2)6-8-14/h5-8,12-13H,4,9-10H2,1-3H3,(H2,17,18,21)/t12-,13-/m0/s1. The van der Waals surface area contributed by atoms with Crippen LogP contribution >= 0.6 is 0 Å². The van der Waals surface area contributed by atoms with Gasteiger partial charge in [-0.2, -0.15) is 0 Å². The Kier molecular flexibility index (Phi) is 4.83. The van der Waals surface area contributed by atoms with E-state index in [2.05, 4.69) is 10.6 Å². The Balaban J connectivity index is 1.93. The second kappa shape index (κ2) is 6.61. The van der Waals surface area contributed by atoms with E-state index in [1.54, 1.807) is 4.90 Å². The van der Waals surface area contributed by atoms with Crippen LogP contribution in [0.1, 0.15) is 32.3 Å². The Labute approximate surface area is 125 Å². The Morgan fingerprint density at radius 2 is 2.05 bits per heavy atom. The largest absolute Gasteiger partial charge is 0.336 e. The van der Waals surface area contributed by atoms with Crippen molar-refractivity contribution in [1.82, 2.24) is 10.6 Å². The number of rotatable bonds is 4. The second-order valence-corrected chi connectivity index (χ2v) is 5.67. The lowest BCUT2D eigenvalue weighted by atomic mass is 10.2. The van der Waals surface area contributed by atoms with E-state index < -0.39 is 0 Å². The number of carbonyl (C=O) groups is 2. The van der Waals surface area contributed by atoms with Crippen LogP contribution in [0.2, 0.25) is 0 Å². The van der Waals surface area contributed by atoms with Crippen molar-refractivity contribution in [2.75, 3.05) is 11.4 Å². The van der Waals surface area contributed by atoms with Crippen molar-refractivity contribution >= 4 is 17.6 Å². The number of nitrogens with one attached hydrogen (secondary N) is 2. The summed E-state index contributed by atoms with van der Waals surface area (Å²) in [6, 6.07) is 7.65. The predicted octanol–water partition coefficient (Wildman–Crippen LogP) is 2.20. The van der Waals surface area contributed by atoms with Crippen molar-refractivity contribution < 1.29 is 9.59 Å². The Morgan fingerprint density at radius 1 is 1.38 bits per heavy atom. The monoisotopic (exact) mass is 289 g/mol. The Hall–Kier alpha value is -2.04. The highest BCUT2D eigenvalue weighted by Crippen LogP contribution is 2.21. The molecule has 0 unspecified atom stereocenters. The van der Waals surface area contributed by atoms with Gasteiger partial charge in [-0.25, -0.2) is 4.79 Å². The summed E-state index contributed by atoms with van der Waals surface area (Å²) < 4.78 is 0. The highest BCUT2D eigenvalue weighted by molar-refractivity contribution is 5.96. The van der Waals surface area contributed by atoms with Crippen LogP contribution in [-0.2, 0) is 4.79 Å².